The van der Waals surface area contributed by atoms with Gasteiger partial charge in [0.05, 0.1) is 81.2 Å². The molecule has 8 aliphatic rings. The van der Waals surface area contributed by atoms with Crippen LogP contribution in [0.3, 0.4) is 0 Å². The third-order valence-electron chi connectivity index (χ3n) is 27.5. The highest BCUT2D eigenvalue weighted by Crippen LogP contribution is 2.46. The largest absolute Gasteiger partial charge is 0.508 e. The molecule has 131 heavy (non-hydrogen) atoms. The zero-order valence-electron chi connectivity index (χ0n) is 74.7. The minimum absolute atomic E-state index is 0.0124. The Morgan fingerprint density at radius 2 is 0.565 bits per heavy atom. The van der Waals surface area contributed by atoms with Crippen LogP contribution >= 0.6 is 0 Å². The molecular weight excluding hydrogens is 1630 g/mol. The number of phenols is 4. The number of carbonyl (C=O) groups excluding carboxylic acids is 4. The lowest BCUT2D eigenvalue weighted by atomic mass is 9.85. The van der Waals surface area contributed by atoms with Crippen molar-refractivity contribution in [3.05, 3.63) is 296 Å². The minimum atomic E-state index is -0.0623. The van der Waals surface area contributed by atoms with Crippen molar-refractivity contribution >= 4 is 57.7 Å². The Labute approximate surface area is 766 Å². The molecule has 4 saturated carbocycles. The SMILES string of the molecule is O=C(CCCc1ccccc1)Nc1nc2c(nc1C1CCCCC1)-c1ccc(O)cc1CC2.O=C(CCc1ccccc1)Nc1nc2c(nc1C1CCCCC1)-c1ccc(O)cc1CC2.O=C(Cc1ccc2ccccc2c1)Nc1nc2c(nc1C1CCCCC1)-c1ccc(O)cc1CC2.O=C(Cc1ccccc1)Nc1nc2c(nc1C1CCCCC1)-c1ccc(O)cc1CC2. The van der Waals surface area contributed by atoms with Crippen LogP contribution in [0.25, 0.3) is 55.8 Å². The first-order chi connectivity index (χ1) is 64.1. The van der Waals surface area contributed by atoms with Crippen molar-refractivity contribution in [2.45, 2.75) is 248 Å². The van der Waals surface area contributed by atoms with Crippen molar-refractivity contribution in [1.29, 1.82) is 0 Å². The third kappa shape index (κ3) is 21.7. The molecule has 8 aliphatic carbocycles. The van der Waals surface area contributed by atoms with Crippen LogP contribution in [0.2, 0.25) is 0 Å². The number of nitrogens with one attached hydrogen (secondary N) is 4. The predicted octanol–water partition coefficient (Wildman–Crippen LogP) is 23.0. The molecule has 0 aliphatic heterocycles. The Balaban J connectivity index is 0.000000117. The number of rotatable bonds is 19. The molecule has 0 atom stereocenters. The lowest BCUT2D eigenvalue weighted by Crippen LogP contribution is -2.21. The van der Waals surface area contributed by atoms with Crippen molar-refractivity contribution in [2.75, 3.05) is 21.3 Å². The van der Waals surface area contributed by atoms with Crippen LogP contribution in [0, 0.1) is 0 Å². The Kier molecular flexibility index (Phi) is 28.0. The fourth-order valence-electron chi connectivity index (χ4n) is 20.6. The summed E-state index contributed by atoms with van der Waals surface area (Å²) in [5.74, 6) is 4.88. The Morgan fingerprint density at radius 1 is 0.267 bits per heavy atom. The number of hydrogen-bond donors (Lipinski definition) is 8. The number of phenolic OH excluding ortho intramolecular Hbond substituents is 4. The molecule has 0 bridgehead atoms. The van der Waals surface area contributed by atoms with E-state index in [0.29, 0.717) is 79.0 Å². The summed E-state index contributed by atoms with van der Waals surface area (Å²) in [6, 6.07) is 66.5. The van der Waals surface area contributed by atoms with Gasteiger partial charge in [-0.3, -0.25) is 19.2 Å². The van der Waals surface area contributed by atoms with E-state index >= 15 is 0 Å². The second-order valence-electron chi connectivity index (χ2n) is 36.8. The molecule has 21 rings (SSSR count). The first-order valence-electron chi connectivity index (χ1n) is 47.9. The summed E-state index contributed by atoms with van der Waals surface area (Å²) in [7, 11) is 0. The van der Waals surface area contributed by atoms with Gasteiger partial charge >= 0.3 is 0 Å². The maximum Gasteiger partial charge on any atom is 0.229 e. The van der Waals surface area contributed by atoms with E-state index in [-0.39, 0.29) is 46.6 Å². The van der Waals surface area contributed by atoms with E-state index in [4.69, 9.17) is 39.9 Å². The van der Waals surface area contributed by atoms with Crippen LogP contribution < -0.4 is 21.3 Å². The molecule has 0 saturated heterocycles. The van der Waals surface area contributed by atoms with Crippen LogP contribution in [0.4, 0.5) is 23.3 Å². The van der Waals surface area contributed by atoms with Gasteiger partial charge in [-0.2, -0.15) is 0 Å². The quantitative estimate of drug-likeness (QED) is 0.0373. The van der Waals surface area contributed by atoms with Gasteiger partial charge in [-0.15, -0.1) is 0 Å². The number of amides is 4. The normalized spacial score (nSPS) is 15.6. The van der Waals surface area contributed by atoms with Gasteiger partial charge in [0.2, 0.25) is 23.6 Å². The molecule has 0 radical (unpaired) electrons. The first kappa shape index (κ1) is 88.3. The molecule has 9 aromatic carbocycles. The van der Waals surface area contributed by atoms with Gasteiger partial charge in [-0.1, -0.05) is 211 Å². The van der Waals surface area contributed by atoms with E-state index in [2.05, 4.69) is 69.8 Å². The molecule has 4 fully saturated rings. The lowest BCUT2D eigenvalue weighted by Gasteiger charge is -2.26. The van der Waals surface area contributed by atoms with Crippen LogP contribution in [-0.4, -0.2) is 83.9 Å². The molecule has 0 unspecified atom stereocenters. The van der Waals surface area contributed by atoms with E-state index in [9.17, 15) is 39.6 Å². The highest BCUT2D eigenvalue weighted by atomic mass is 16.3. The standard InChI is InChI=1S/C30H29N3O2.C28H31N3O2.C27H29N3O2.C26H27N3O2/c34-24-13-14-25-23(18-24)12-15-26-29(25)33-28(21-7-2-1-3-8-21)30(31-26)32-27(35)17-19-10-11-20-6-4-5-9-22(20)16-19;32-22-15-16-23-21(18-22)14-17-24-27(23)31-26(20-11-5-2-6-12-20)28(29-24)30-25(33)13-7-10-19-8-3-1-4-9-19;31-21-13-14-22-20(17-21)12-15-23-26(22)30-25(19-9-5-2-6-10-19)27(28-23)29-24(32)16-11-18-7-3-1-4-8-18;30-20-12-13-21-19(16-20)11-14-22-25(21)29-24(18-9-5-2-6-10-18)26(27-22)28-23(31)15-17-7-3-1-4-8-17/h4-6,9-11,13-14,16,18,21,34H,1-3,7-8,12,15,17H2,(H,31,32,35);1,3-4,8-9,15-16,18,20,32H,2,5-7,10-14,17H2,(H,29,30,33);1,3-4,7-8,13-14,17,19,31H,2,5-6,9-12,15-16H2,(H,28,29,32);1,3-4,7-8,12-13,16,18,30H,2,5-6,9-11,14-15H2,(H,27,28,31). The Hall–Kier alpha value is -13.4. The summed E-state index contributed by atoms with van der Waals surface area (Å²) in [5, 5.41) is 54.4. The molecule has 20 nitrogen and oxygen atoms in total. The van der Waals surface area contributed by atoms with Crippen LogP contribution in [0.5, 0.6) is 23.0 Å². The molecule has 8 N–H and O–H groups in total. The fraction of sp³-hybridized carbons (Fsp3) is 0.351. The van der Waals surface area contributed by atoms with E-state index in [1.54, 1.807) is 24.3 Å². The van der Waals surface area contributed by atoms with Crippen LogP contribution in [0.1, 0.15) is 261 Å². The molecule has 668 valence electrons. The summed E-state index contributed by atoms with van der Waals surface area (Å²) in [6.07, 6.45) is 33.4. The second kappa shape index (κ2) is 41.6. The molecule has 0 spiro atoms. The molecular formula is C111H116N12O8. The van der Waals surface area contributed by atoms with Crippen molar-refractivity contribution in [3.63, 3.8) is 0 Å². The molecule has 13 aromatic rings. The summed E-state index contributed by atoms with van der Waals surface area (Å²) in [5.41, 5.74) is 24.1. The van der Waals surface area contributed by atoms with E-state index < -0.39 is 0 Å². The van der Waals surface area contributed by atoms with Gasteiger partial charge in [0.15, 0.2) is 23.3 Å². The monoisotopic (exact) mass is 1740 g/mol. The van der Waals surface area contributed by atoms with Gasteiger partial charge in [0.1, 0.15) is 23.0 Å². The molecule has 4 amide bonds. The number of nitrogens with zero attached hydrogens (tertiary/aromatic N) is 8. The number of anilines is 4. The third-order valence-corrected chi connectivity index (χ3v) is 27.5. The van der Waals surface area contributed by atoms with Crippen LogP contribution in [0.15, 0.2) is 206 Å². The number of aromatic nitrogens is 8. The van der Waals surface area contributed by atoms with Crippen molar-refractivity contribution < 1.29 is 39.6 Å². The van der Waals surface area contributed by atoms with Gasteiger partial charge in [-0.05, 0) is 250 Å². The number of aryl methyl sites for hydroxylation is 10. The summed E-state index contributed by atoms with van der Waals surface area (Å²) in [4.78, 5) is 92.0. The summed E-state index contributed by atoms with van der Waals surface area (Å²) >= 11 is 0. The highest BCUT2D eigenvalue weighted by molar-refractivity contribution is 5.95. The lowest BCUT2D eigenvalue weighted by molar-refractivity contribution is -0.117. The van der Waals surface area contributed by atoms with Gasteiger partial charge in [-0.25, -0.2) is 39.9 Å². The van der Waals surface area contributed by atoms with Crippen molar-refractivity contribution in [3.8, 4) is 68.0 Å². The van der Waals surface area contributed by atoms with E-state index in [0.717, 1.165) is 250 Å². The highest BCUT2D eigenvalue weighted by Gasteiger charge is 2.34. The van der Waals surface area contributed by atoms with Gasteiger partial charge in [0.25, 0.3) is 0 Å². The molecule has 4 heterocycles. The maximum absolute atomic E-state index is 13.2. The van der Waals surface area contributed by atoms with Crippen molar-refractivity contribution in [2.24, 2.45) is 0 Å². The number of carbonyl (C=O) groups is 4. The van der Waals surface area contributed by atoms with Gasteiger partial charge in [0, 0.05) is 58.8 Å². The smallest absolute Gasteiger partial charge is 0.229 e. The maximum atomic E-state index is 13.2. The number of aromatic hydroxyl groups is 4. The predicted molar refractivity (Wildman–Crippen MR) is 516 cm³/mol. The van der Waals surface area contributed by atoms with Crippen LogP contribution in [-0.2, 0) is 96.2 Å². The average molecular weight is 1750 g/mol. The molecule has 4 aromatic heterocycles. The minimum Gasteiger partial charge on any atom is -0.508 e. The zero-order chi connectivity index (χ0) is 89.5. The zero-order valence-corrected chi connectivity index (χ0v) is 74.7. The van der Waals surface area contributed by atoms with Crippen molar-refractivity contribution in [1.82, 2.24) is 39.9 Å². The summed E-state index contributed by atoms with van der Waals surface area (Å²) < 4.78 is 0. The molecule has 20 heteroatoms. The second-order valence-corrected chi connectivity index (χ2v) is 36.8. The fourth-order valence-corrected chi connectivity index (χ4v) is 20.6. The van der Waals surface area contributed by atoms with E-state index in [1.807, 2.05) is 133 Å². The number of hydrogen-bond acceptors (Lipinski definition) is 16. The number of fused-ring (bicyclic) bond motifs is 13. The van der Waals surface area contributed by atoms with E-state index in [1.165, 1.54) is 88.0 Å². The average Bonchev–Trinajstić information content (AvgIpc) is 0.777. The first-order valence-corrected chi connectivity index (χ1v) is 47.9. The number of benzene rings is 9. The Morgan fingerprint density at radius 3 is 0.916 bits per heavy atom. The Bertz CT molecular complexity index is 6300. The topological polar surface area (TPSA) is 300 Å². The summed E-state index contributed by atoms with van der Waals surface area (Å²) in [6.45, 7) is 0. The van der Waals surface area contributed by atoms with Gasteiger partial charge < -0.3 is 41.7 Å².